The van der Waals surface area contributed by atoms with E-state index in [1.807, 2.05) is 26.0 Å². The third kappa shape index (κ3) is 3.60. The van der Waals surface area contributed by atoms with Crippen LogP contribution in [0.3, 0.4) is 0 Å². The molecule has 2 atom stereocenters. The Morgan fingerprint density at radius 2 is 1.85 bits per heavy atom. The summed E-state index contributed by atoms with van der Waals surface area (Å²) in [6.45, 7) is 4.26. The summed E-state index contributed by atoms with van der Waals surface area (Å²) in [5.41, 5.74) is 2.60. The third-order valence-electron chi connectivity index (χ3n) is 4.89. The highest BCUT2D eigenvalue weighted by Gasteiger charge is 2.44. The molecule has 1 saturated heterocycles. The highest BCUT2D eigenvalue weighted by molar-refractivity contribution is 9.10. The van der Waals surface area contributed by atoms with Crippen LogP contribution < -0.4 is 5.32 Å². The molecule has 7 heteroatoms. The van der Waals surface area contributed by atoms with Gasteiger partial charge >= 0.3 is 0 Å². The Bertz CT molecular complexity index is 909. The molecule has 1 N–H and O–H groups in total. The van der Waals surface area contributed by atoms with E-state index in [1.54, 1.807) is 7.05 Å². The van der Waals surface area contributed by atoms with Crippen molar-refractivity contribution in [1.82, 2.24) is 4.90 Å². The molecule has 0 bridgehead atoms. The van der Waals surface area contributed by atoms with E-state index in [9.17, 15) is 18.4 Å². The lowest BCUT2D eigenvalue weighted by atomic mass is 9.86. The van der Waals surface area contributed by atoms with Crippen LogP contribution in [0.25, 0.3) is 0 Å². The lowest BCUT2D eigenvalue weighted by Gasteiger charge is -2.19. The number of nitrogens with one attached hydrogen (secondary N) is 1. The summed E-state index contributed by atoms with van der Waals surface area (Å²) in [5.74, 6) is -4.55. The fourth-order valence-electron chi connectivity index (χ4n) is 3.50. The maximum absolute atomic E-state index is 13.9. The lowest BCUT2D eigenvalue weighted by Crippen LogP contribution is -2.33. The molecule has 3 rings (SSSR count). The van der Waals surface area contributed by atoms with Crippen molar-refractivity contribution in [2.75, 3.05) is 18.9 Å². The maximum atomic E-state index is 13.9. The first kappa shape index (κ1) is 19.5. The zero-order valence-electron chi connectivity index (χ0n) is 15.1. The minimum atomic E-state index is -1.14. The number of likely N-dealkylation sites (N-methyl/N-ethyl adjacent to an activating group) is 1. The van der Waals surface area contributed by atoms with Gasteiger partial charge in [-0.2, -0.15) is 0 Å². The van der Waals surface area contributed by atoms with Crippen molar-refractivity contribution in [3.63, 3.8) is 0 Å². The highest BCUT2D eigenvalue weighted by Crippen LogP contribution is 2.36. The van der Waals surface area contributed by atoms with Gasteiger partial charge in [0.15, 0.2) is 11.6 Å². The standard InChI is InChI=1S/C20H19BrF2N2O2/c1-10-7-12(8-11(2)17(10)21)13-9-25(3)20(27)16(13)19(26)24-15-6-4-5-14(22)18(15)23/h4-8,13,16H,9H2,1-3H3,(H,24,26)/t13-,16+/m1/s1. The van der Waals surface area contributed by atoms with E-state index in [0.29, 0.717) is 6.54 Å². The van der Waals surface area contributed by atoms with Crippen LogP contribution in [-0.4, -0.2) is 30.3 Å². The second-order valence-electron chi connectivity index (χ2n) is 6.86. The van der Waals surface area contributed by atoms with Gasteiger partial charge in [-0.25, -0.2) is 8.78 Å². The number of halogens is 3. The number of nitrogens with zero attached hydrogens (tertiary/aromatic N) is 1. The van der Waals surface area contributed by atoms with Crippen molar-refractivity contribution in [3.05, 3.63) is 63.1 Å². The molecule has 0 unspecified atom stereocenters. The number of carbonyl (C=O) groups is 2. The number of hydrogen-bond acceptors (Lipinski definition) is 2. The summed E-state index contributed by atoms with van der Waals surface area (Å²) in [5, 5.41) is 2.37. The first-order valence-corrected chi connectivity index (χ1v) is 9.26. The van der Waals surface area contributed by atoms with Gasteiger partial charge < -0.3 is 10.2 Å². The lowest BCUT2D eigenvalue weighted by molar-refractivity contribution is -0.135. The molecule has 0 aliphatic carbocycles. The fraction of sp³-hybridized carbons (Fsp3) is 0.300. The molecule has 4 nitrogen and oxygen atoms in total. The van der Waals surface area contributed by atoms with Crippen LogP contribution in [-0.2, 0) is 9.59 Å². The van der Waals surface area contributed by atoms with Gasteiger partial charge in [0, 0.05) is 24.0 Å². The van der Waals surface area contributed by atoms with Crippen molar-refractivity contribution in [1.29, 1.82) is 0 Å². The second kappa shape index (κ2) is 7.38. The zero-order chi connectivity index (χ0) is 19.9. The molecule has 1 aliphatic rings. The van der Waals surface area contributed by atoms with Gasteiger partial charge in [-0.05, 0) is 42.7 Å². The summed E-state index contributed by atoms with van der Waals surface area (Å²) < 4.78 is 28.3. The smallest absolute Gasteiger partial charge is 0.237 e. The van der Waals surface area contributed by atoms with Crippen molar-refractivity contribution in [2.24, 2.45) is 5.92 Å². The van der Waals surface area contributed by atoms with Crippen LogP contribution in [0.15, 0.2) is 34.8 Å². The molecule has 1 aliphatic heterocycles. The van der Waals surface area contributed by atoms with Gasteiger partial charge in [0.1, 0.15) is 5.92 Å². The number of benzene rings is 2. The van der Waals surface area contributed by atoms with Crippen LogP contribution in [0.2, 0.25) is 0 Å². The summed E-state index contributed by atoms with van der Waals surface area (Å²) in [4.78, 5) is 26.9. The molecular formula is C20H19BrF2N2O2. The van der Waals surface area contributed by atoms with Crippen molar-refractivity contribution < 1.29 is 18.4 Å². The van der Waals surface area contributed by atoms with Gasteiger partial charge in [-0.1, -0.05) is 34.1 Å². The number of rotatable bonds is 3. The molecule has 1 heterocycles. The first-order valence-electron chi connectivity index (χ1n) is 8.47. The summed E-state index contributed by atoms with van der Waals surface area (Å²) in [6.07, 6.45) is 0. The monoisotopic (exact) mass is 436 g/mol. The van der Waals surface area contributed by atoms with Gasteiger partial charge in [0.05, 0.1) is 5.69 Å². The largest absolute Gasteiger partial charge is 0.344 e. The number of anilines is 1. The van der Waals surface area contributed by atoms with Crippen LogP contribution in [0.5, 0.6) is 0 Å². The predicted molar refractivity (Wildman–Crippen MR) is 102 cm³/mol. The van der Waals surface area contributed by atoms with E-state index in [2.05, 4.69) is 21.2 Å². The predicted octanol–water partition coefficient (Wildman–Crippen LogP) is 4.15. The quantitative estimate of drug-likeness (QED) is 0.734. The van der Waals surface area contributed by atoms with Crippen molar-refractivity contribution >= 4 is 33.4 Å². The summed E-state index contributed by atoms with van der Waals surface area (Å²) in [6, 6.07) is 7.42. The Labute approximate surface area is 164 Å². The minimum Gasteiger partial charge on any atom is -0.344 e. The number of aryl methyl sites for hydroxylation is 2. The number of hydrogen-bond donors (Lipinski definition) is 1. The topological polar surface area (TPSA) is 49.4 Å². The SMILES string of the molecule is Cc1cc([C@H]2CN(C)C(=O)[C@@H]2C(=O)Nc2cccc(F)c2F)cc(C)c1Br. The molecule has 142 valence electrons. The molecule has 0 saturated carbocycles. The molecule has 0 radical (unpaired) electrons. The van der Waals surface area contributed by atoms with Crippen LogP contribution >= 0.6 is 15.9 Å². The Morgan fingerprint density at radius 1 is 1.22 bits per heavy atom. The van der Waals surface area contributed by atoms with Crippen molar-refractivity contribution in [3.8, 4) is 0 Å². The van der Waals surface area contributed by atoms with Crippen molar-refractivity contribution in [2.45, 2.75) is 19.8 Å². The van der Waals surface area contributed by atoms with Gasteiger partial charge in [0.25, 0.3) is 0 Å². The molecule has 27 heavy (non-hydrogen) atoms. The summed E-state index contributed by atoms with van der Waals surface area (Å²) in [7, 11) is 1.63. The minimum absolute atomic E-state index is 0.274. The Morgan fingerprint density at radius 3 is 2.48 bits per heavy atom. The average molecular weight is 437 g/mol. The van der Waals surface area contributed by atoms with Gasteiger partial charge in [0.2, 0.25) is 11.8 Å². The molecule has 0 spiro atoms. The first-order chi connectivity index (χ1) is 12.7. The fourth-order valence-corrected chi connectivity index (χ4v) is 3.73. The normalized spacial score (nSPS) is 19.5. The molecule has 0 aromatic heterocycles. The van der Waals surface area contributed by atoms with E-state index in [0.717, 1.165) is 27.2 Å². The van der Waals surface area contributed by atoms with E-state index in [-0.39, 0.29) is 17.5 Å². The van der Waals surface area contributed by atoms with Crippen LogP contribution in [0.4, 0.5) is 14.5 Å². The highest BCUT2D eigenvalue weighted by atomic mass is 79.9. The Kier molecular flexibility index (Phi) is 5.33. The second-order valence-corrected chi connectivity index (χ2v) is 7.66. The molecule has 2 amide bonds. The van der Waals surface area contributed by atoms with Crippen LogP contribution in [0, 0.1) is 31.4 Å². The molecule has 2 aromatic rings. The number of carbonyl (C=O) groups excluding carboxylic acids is 2. The maximum Gasteiger partial charge on any atom is 0.237 e. The van der Waals surface area contributed by atoms with E-state index >= 15 is 0 Å². The number of likely N-dealkylation sites (tertiary alicyclic amines) is 1. The Hall–Kier alpha value is -2.28. The molecule has 2 aromatic carbocycles. The average Bonchev–Trinajstić information content (AvgIpc) is 2.91. The van der Waals surface area contributed by atoms with Crippen LogP contribution in [0.1, 0.15) is 22.6 Å². The van der Waals surface area contributed by atoms with E-state index in [4.69, 9.17) is 0 Å². The summed E-state index contributed by atoms with van der Waals surface area (Å²) >= 11 is 3.51. The third-order valence-corrected chi connectivity index (χ3v) is 6.14. The zero-order valence-corrected chi connectivity index (χ0v) is 16.7. The number of amides is 2. The van der Waals surface area contributed by atoms with E-state index in [1.165, 1.54) is 17.0 Å². The molecular weight excluding hydrogens is 418 g/mol. The Balaban J connectivity index is 1.95. The van der Waals surface area contributed by atoms with Gasteiger partial charge in [-0.3, -0.25) is 9.59 Å². The molecule has 1 fully saturated rings. The van der Waals surface area contributed by atoms with E-state index < -0.39 is 23.5 Å². The van der Waals surface area contributed by atoms with Gasteiger partial charge in [-0.15, -0.1) is 0 Å².